The Balaban J connectivity index is 2.16. The number of hydrogen-bond acceptors (Lipinski definition) is 8. The van der Waals surface area contributed by atoms with E-state index in [-0.39, 0.29) is 12.5 Å². The molecule has 0 saturated carbocycles. The van der Waals surface area contributed by atoms with E-state index in [0.717, 1.165) is 77.0 Å². The largest absolute Gasteiger partial charge is 0.394 e. The molecule has 9 heteroatoms. The van der Waals surface area contributed by atoms with Gasteiger partial charge in [-0.05, 0) is 70.6 Å². The first-order valence-corrected chi connectivity index (χ1v) is 33.7. The van der Waals surface area contributed by atoms with E-state index in [1.165, 1.54) is 212 Å². The number of ether oxygens (including phenoxy) is 2. The van der Waals surface area contributed by atoms with Gasteiger partial charge in [0, 0.05) is 6.42 Å². The molecule has 0 aromatic carbocycles. The van der Waals surface area contributed by atoms with E-state index in [1.54, 1.807) is 6.08 Å². The van der Waals surface area contributed by atoms with Crippen LogP contribution in [0.15, 0.2) is 72.9 Å². The fourth-order valence-corrected chi connectivity index (χ4v) is 10.5. The van der Waals surface area contributed by atoms with Crippen LogP contribution in [0.25, 0.3) is 0 Å². The molecule has 1 aliphatic rings. The summed E-state index contributed by atoms with van der Waals surface area (Å²) in [6.07, 6.45) is 75.8. The van der Waals surface area contributed by atoms with E-state index < -0.39 is 49.5 Å². The Hall–Kier alpha value is -2.37. The lowest BCUT2D eigenvalue weighted by molar-refractivity contribution is -0.302. The highest BCUT2D eigenvalue weighted by molar-refractivity contribution is 5.76. The van der Waals surface area contributed by atoms with Crippen LogP contribution in [-0.4, -0.2) is 87.5 Å². The highest BCUT2D eigenvalue weighted by Crippen LogP contribution is 2.23. The number of allylic oxidation sites excluding steroid dienone is 11. The molecule has 0 aromatic heterocycles. The summed E-state index contributed by atoms with van der Waals surface area (Å²) >= 11 is 0. The zero-order valence-electron chi connectivity index (χ0n) is 51.4. The molecule has 9 nitrogen and oxygen atoms in total. The first-order chi connectivity index (χ1) is 38.8. The molecule has 0 radical (unpaired) electrons. The smallest absolute Gasteiger partial charge is 0.220 e. The maximum absolute atomic E-state index is 13.1. The van der Waals surface area contributed by atoms with Crippen molar-refractivity contribution in [3.8, 4) is 0 Å². The second-order valence-corrected chi connectivity index (χ2v) is 23.2. The first-order valence-electron chi connectivity index (χ1n) is 33.7. The SMILES string of the molecule is CC/C=C\C/C=C\C/C=C\C/C=C\CCCCCCCCCCCCC(=O)NC(COC1OC(CO)C(O)C(O)C1O)C(O)/C=C/CC/C=C/CCCCCCCCCCCCCCCCCCCCCCCCCCCCC. The normalized spacial score (nSPS) is 19.0. The van der Waals surface area contributed by atoms with Crippen molar-refractivity contribution in [2.75, 3.05) is 13.2 Å². The molecule has 1 fully saturated rings. The van der Waals surface area contributed by atoms with Crippen LogP contribution in [0.2, 0.25) is 0 Å². The molecule has 7 unspecified atom stereocenters. The molecule has 1 rings (SSSR count). The molecule has 0 spiro atoms. The number of carbonyl (C=O) groups excluding carboxylic acids is 1. The number of carbonyl (C=O) groups is 1. The van der Waals surface area contributed by atoms with Crippen molar-refractivity contribution in [1.82, 2.24) is 5.32 Å². The third kappa shape index (κ3) is 47.8. The van der Waals surface area contributed by atoms with Crippen LogP contribution >= 0.6 is 0 Å². The highest BCUT2D eigenvalue weighted by Gasteiger charge is 2.44. The van der Waals surface area contributed by atoms with Crippen LogP contribution in [0.4, 0.5) is 0 Å². The Kier molecular flexibility index (Phi) is 55.6. The summed E-state index contributed by atoms with van der Waals surface area (Å²) in [7, 11) is 0. The topological polar surface area (TPSA) is 149 Å². The van der Waals surface area contributed by atoms with Crippen LogP contribution in [0.5, 0.6) is 0 Å². The summed E-state index contributed by atoms with van der Waals surface area (Å²) in [6, 6.07) is -0.830. The highest BCUT2D eigenvalue weighted by atomic mass is 16.7. The lowest BCUT2D eigenvalue weighted by Gasteiger charge is -2.40. The molecule has 0 bridgehead atoms. The van der Waals surface area contributed by atoms with Gasteiger partial charge in [-0.3, -0.25) is 4.79 Å². The second kappa shape index (κ2) is 58.8. The zero-order chi connectivity index (χ0) is 57.2. The van der Waals surface area contributed by atoms with E-state index in [1.807, 2.05) is 6.08 Å². The van der Waals surface area contributed by atoms with Gasteiger partial charge in [0.25, 0.3) is 0 Å². The van der Waals surface area contributed by atoms with Gasteiger partial charge < -0.3 is 40.3 Å². The summed E-state index contributed by atoms with van der Waals surface area (Å²) in [5, 5.41) is 54.7. The van der Waals surface area contributed by atoms with Gasteiger partial charge in [-0.1, -0.05) is 305 Å². The van der Waals surface area contributed by atoms with Gasteiger partial charge in [0.2, 0.25) is 5.91 Å². The van der Waals surface area contributed by atoms with Crippen molar-refractivity contribution < 1.29 is 39.8 Å². The summed E-state index contributed by atoms with van der Waals surface area (Å²) in [5.41, 5.74) is 0. The maximum atomic E-state index is 13.1. The van der Waals surface area contributed by atoms with Crippen molar-refractivity contribution in [3.63, 3.8) is 0 Å². The molecule has 7 atom stereocenters. The van der Waals surface area contributed by atoms with Gasteiger partial charge in [0.1, 0.15) is 24.4 Å². The minimum absolute atomic E-state index is 0.191. The minimum Gasteiger partial charge on any atom is -0.394 e. The Morgan fingerprint density at radius 2 is 0.797 bits per heavy atom. The fraction of sp³-hybridized carbons (Fsp3) is 0.814. The average Bonchev–Trinajstić information content (AvgIpc) is 3.47. The first kappa shape index (κ1) is 74.6. The molecular formula is C70H127NO8. The van der Waals surface area contributed by atoms with Crippen LogP contribution in [0.3, 0.4) is 0 Å². The Morgan fingerprint density at radius 3 is 1.22 bits per heavy atom. The monoisotopic (exact) mass is 1110 g/mol. The number of aliphatic hydroxyl groups is 5. The maximum Gasteiger partial charge on any atom is 0.220 e. The molecule has 6 N–H and O–H groups in total. The van der Waals surface area contributed by atoms with Crippen LogP contribution in [-0.2, 0) is 14.3 Å². The van der Waals surface area contributed by atoms with E-state index in [9.17, 15) is 30.3 Å². The second-order valence-electron chi connectivity index (χ2n) is 23.2. The van der Waals surface area contributed by atoms with Crippen molar-refractivity contribution in [2.45, 2.75) is 352 Å². The van der Waals surface area contributed by atoms with Gasteiger partial charge in [0.15, 0.2) is 6.29 Å². The molecule has 79 heavy (non-hydrogen) atoms. The molecule has 1 amide bonds. The summed E-state index contributed by atoms with van der Waals surface area (Å²) < 4.78 is 11.3. The Morgan fingerprint density at radius 1 is 0.443 bits per heavy atom. The number of amides is 1. The van der Waals surface area contributed by atoms with E-state index in [0.29, 0.717) is 6.42 Å². The summed E-state index contributed by atoms with van der Waals surface area (Å²) in [5.74, 6) is -0.191. The molecule has 1 heterocycles. The molecule has 0 aromatic rings. The third-order valence-corrected chi connectivity index (χ3v) is 15.8. The summed E-state index contributed by atoms with van der Waals surface area (Å²) in [4.78, 5) is 13.1. The average molecular weight is 1110 g/mol. The number of hydrogen-bond donors (Lipinski definition) is 6. The van der Waals surface area contributed by atoms with Crippen molar-refractivity contribution in [3.05, 3.63) is 72.9 Å². The van der Waals surface area contributed by atoms with Crippen molar-refractivity contribution in [1.29, 1.82) is 0 Å². The number of nitrogens with one attached hydrogen (secondary N) is 1. The van der Waals surface area contributed by atoms with Gasteiger partial charge >= 0.3 is 0 Å². The van der Waals surface area contributed by atoms with Gasteiger partial charge in [-0.25, -0.2) is 0 Å². The number of unbranched alkanes of at least 4 members (excludes halogenated alkanes) is 38. The van der Waals surface area contributed by atoms with E-state index in [2.05, 4.69) is 79.9 Å². The van der Waals surface area contributed by atoms with E-state index in [4.69, 9.17) is 9.47 Å². The predicted molar refractivity (Wildman–Crippen MR) is 336 cm³/mol. The molecule has 0 aliphatic carbocycles. The Bertz CT molecular complexity index is 1470. The quantitative estimate of drug-likeness (QED) is 0.0261. The van der Waals surface area contributed by atoms with Gasteiger partial charge in [-0.15, -0.1) is 0 Å². The van der Waals surface area contributed by atoms with Crippen LogP contribution in [0, 0.1) is 0 Å². The minimum atomic E-state index is -1.58. The molecule has 1 aliphatic heterocycles. The van der Waals surface area contributed by atoms with Crippen molar-refractivity contribution >= 4 is 5.91 Å². The van der Waals surface area contributed by atoms with E-state index >= 15 is 0 Å². The molecule has 460 valence electrons. The van der Waals surface area contributed by atoms with Crippen molar-refractivity contribution in [2.24, 2.45) is 0 Å². The fourth-order valence-electron chi connectivity index (χ4n) is 10.5. The van der Waals surface area contributed by atoms with Crippen LogP contribution in [0.1, 0.15) is 309 Å². The lowest BCUT2D eigenvalue weighted by atomic mass is 9.99. The van der Waals surface area contributed by atoms with Gasteiger partial charge in [0.05, 0.1) is 25.4 Å². The van der Waals surface area contributed by atoms with Crippen LogP contribution < -0.4 is 5.32 Å². The zero-order valence-corrected chi connectivity index (χ0v) is 51.4. The number of rotatable bonds is 58. The lowest BCUT2D eigenvalue weighted by Crippen LogP contribution is -2.60. The Labute approximate surface area is 487 Å². The standard InChI is InChI=1S/C70H127NO8/c1-3-5-7-9-11-13-15-17-19-21-23-25-27-28-29-30-31-32-33-34-35-36-38-39-41-43-45-47-49-51-53-55-57-59-64(73)63(62-78-70-69(77)68(76)67(75)65(61-72)79-70)71-66(74)60-58-56-54-52-50-48-46-44-42-40-37-26-24-22-20-18-16-14-12-10-8-6-4-2/h6,8,12,14,18,20,24,26,49,51,57,59,63-65,67-70,72-73,75-77H,3-5,7,9-11,13,15-17,19,21-23,25,27-48,50,52-56,58,60-62H2,1-2H3,(H,71,74)/b8-6-,14-12-,20-18-,26-24-,51-49+,59-57+. The summed E-state index contributed by atoms with van der Waals surface area (Å²) in [6.45, 7) is 3.68. The predicted octanol–water partition coefficient (Wildman–Crippen LogP) is 18.0. The van der Waals surface area contributed by atoms with Gasteiger partial charge in [-0.2, -0.15) is 0 Å². The number of aliphatic hydroxyl groups excluding tert-OH is 5. The third-order valence-electron chi connectivity index (χ3n) is 15.8. The molecular weight excluding hydrogens is 983 g/mol. The molecule has 1 saturated heterocycles.